The standard InChI is InChI=1S/C7H8O3S.C6H11NO/c1-6-2-4-7(5-3-6)11(8,9)10;1-5-2-3-7-4-6(5)8/h2-5H,1H3,(H,8,9,10);5,7H,2-4H2,1H3. The van der Waals surface area contributed by atoms with Gasteiger partial charge in [-0.15, -0.1) is 0 Å². The van der Waals surface area contributed by atoms with Gasteiger partial charge in [0.25, 0.3) is 10.1 Å². The molecule has 1 aliphatic heterocycles. The highest BCUT2D eigenvalue weighted by Gasteiger charge is 2.15. The largest absolute Gasteiger partial charge is 0.310 e. The van der Waals surface area contributed by atoms with Crippen molar-refractivity contribution in [1.29, 1.82) is 0 Å². The molecule has 0 bridgehead atoms. The molecule has 0 aliphatic carbocycles. The number of rotatable bonds is 1. The van der Waals surface area contributed by atoms with Gasteiger partial charge in [-0.05, 0) is 32.0 Å². The summed E-state index contributed by atoms with van der Waals surface area (Å²) in [6.45, 7) is 5.42. The molecule has 1 aromatic rings. The summed E-state index contributed by atoms with van der Waals surface area (Å²) in [5, 5.41) is 3.02. The van der Waals surface area contributed by atoms with Crippen LogP contribution in [-0.2, 0) is 14.9 Å². The van der Waals surface area contributed by atoms with Crippen molar-refractivity contribution in [3.8, 4) is 0 Å². The molecule has 0 spiro atoms. The van der Waals surface area contributed by atoms with Gasteiger partial charge in [-0.1, -0.05) is 24.6 Å². The number of hydrogen-bond acceptors (Lipinski definition) is 4. The molecule has 0 saturated carbocycles. The molecule has 1 atom stereocenters. The summed E-state index contributed by atoms with van der Waals surface area (Å²) < 4.78 is 29.6. The van der Waals surface area contributed by atoms with Crippen LogP contribution in [0.2, 0.25) is 0 Å². The lowest BCUT2D eigenvalue weighted by Gasteiger charge is -2.16. The molecule has 2 N–H and O–H groups in total. The zero-order valence-corrected chi connectivity index (χ0v) is 11.9. The van der Waals surface area contributed by atoms with Gasteiger partial charge in [-0.25, -0.2) is 0 Å². The molecule has 5 nitrogen and oxygen atoms in total. The van der Waals surface area contributed by atoms with Crippen molar-refractivity contribution in [2.75, 3.05) is 13.1 Å². The molecular weight excluding hydrogens is 266 g/mol. The Hall–Kier alpha value is -1.24. The smallest absolute Gasteiger partial charge is 0.294 e. The van der Waals surface area contributed by atoms with Gasteiger partial charge in [0.05, 0.1) is 11.4 Å². The Morgan fingerprint density at radius 2 is 1.84 bits per heavy atom. The van der Waals surface area contributed by atoms with Gasteiger partial charge in [0.15, 0.2) is 0 Å². The molecule has 0 amide bonds. The Balaban J connectivity index is 0.000000200. The van der Waals surface area contributed by atoms with E-state index in [1.807, 2.05) is 13.8 Å². The minimum absolute atomic E-state index is 0.0666. The van der Waals surface area contributed by atoms with Gasteiger partial charge in [-0.2, -0.15) is 8.42 Å². The number of piperidine rings is 1. The maximum Gasteiger partial charge on any atom is 0.294 e. The minimum Gasteiger partial charge on any atom is -0.310 e. The Kier molecular flexibility index (Phi) is 5.65. The molecule has 1 unspecified atom stereocenters. The topological polar surface area (TPSA) is 83.5 Å². The highest BCUT2D eigenvalue weighted by atomic mass is 32.2. The van der Waals surface area contributed by atoms with Crippen molar-refractivity contribution in [2.24, 2.45) is 5.92 Å². The molecule has 19 heavy (non-hydrogen) atoms. The van der Waals surface area contributed by atoms with E-state index < -0.39 is 10.1 Å². The normalized spacial score (nSPS) is 19.5. The van der Waals surface area contributed by atoms with Crippen molar-refractivity contribution < 1.29 is 17.8 Å². The first-order valence-electron chi connectivity index (χ1n) is 6.08. The highest BCUT2D eigenvalue weighted by Crippen LogP contribution is 2.08. The van der Waals surface area contributed by atoms with Crippen LogP contribution in [0.4, 0.5) is 0 Å². The van der Waals surface area contributed by atoms with Crippen LogP contribution in [0.25, 0.3) is 0 Å². The molecule has 1 aromatic carbocycles. The summed E-state index contributed by atoms with van der Waals surface area (Å²) in [6, 6.07) is 5.99. The van der Waals surface area contributed by atoms with Gasteiger partial charge < -0.3 is 5.32 Å². The van der Waals surface area contributed by atoms with E-state index >= 15 is 0 Å². The lowest BCUT2D eigenvalue weighted by atomic mass is 10.00. The third-order valence-electron chi connectivity index (χ3n) is 2.92. The summed E-state index contributed by atoms with van der Waals surface area (Å²) in [4.78, 5) is 10.7. The van der Waals surface area contributed by atoms with E-state index in [0.717, 1.165) is 18.5 Å². The zero-order valence-electron chi connectivity index (χ0n) is 11.1. The van der Waals surface area contributed by atoms with E-state index in [4.69, 9.17) is 4.55 Å². The molecule has 1 fully saturated rings. The minimum atomic E-state index is -4.02. The van der Waals surface area contributed by atoms with E-state index in [2.05, 4.69) is 5.32 Å². The number of nitrogens with one attached hydrogen (secondary N) is 1. The molecule has 0 aromatic heterocycles. The van der Waals surface area contributed by atoms with Crippen LogP contribution < -0.4 is 5.32 Å². The molecular formula is C13H19NO4S. The van der Waals surface area contributed by atoms with E-state index in [9.17, 15) is 13.2 Å². The predicted octanol–water partition coefficient (Wildman–Crippen LogP) is 1.43. The quantitative estimate of drug-likeness (QED) is 0.763. The maximum absolute atomic E-state index is 10.7. The van der Waals surface area contributed by atoms with Crippen LogP contribution in [0.5, 0.6) is 0 Å². The van der Waals surface area contributed by atoms with Crippen LogP contribution in [0, 0.1) is 12.8 Å². The predicted molar refractivity (Wildman–Crippen MR) is 72.7 cm³/mol. The Morgan fingerprint density at radius 3 is 2.21 bits per heavy atom. The molecule has 2 rings (SSSR count). The van der Waals surface area contributed by atoms with Crippen molar-refractivity contribution in [3.05, 3.63) is 29.8 Å². The average Bonchev–Trinajstić information content (AvgIpc) is 2.33. The van der Waals surface area contributed by atoms with Crippen LogP contribution in [0.3, 0.4) is 0 Å². The number of aryl methyl sites for hydroxylation is 1. The Bertz CT molecular complexity index is 522. The maximum atomic E-state index is 10.7. The van der Waals surface area contributed by atoms with Crippen molar-refractivity contribution in [2.45, 2.75) is 25.2 Å². The second-order valence-electron chi connectivity index (χ2n) is 4.62. The fourth-order valence-corrected chi connectivity index (χ4v) is 2.06. The van der Waals surface area contributed by atoms with Crippen LogP contribution in [0.15, 0.2) is 29.2 Å². The van der Waals surface area contributed by atoms with Crippen molar-refractivity contribution in [3.63, 3.8) is 0 Å². The summed E-state index contributed by atoms with van der Waals surface area (Å²) in [5.74, 6) is 0.660. The SMILES string of the molecule is CC1CCNCC1=O.Cc1ccc(S(=O)(=O)O)cc1. The molecule has 6 heteroatoms. The van der Waals surface area contributed by atoms with Crippen LogP contribution in [-0.4, -0.2) is 31.8 Å². The van der Waals surface area contributed by atoms with Gasteiger partial charge in [0.2, 0.25) is 0 Å². The first kappa shape index (κ1) is 15.8. The second-order valence-corrected chi connectivity index (χ2v) is 6.04. The third kappa shape index (κ3) is 5.50. The lowest BCUT2D eigenvalue weighted by molar-refractivity contribution is -0.122. The number of ketones is 1. The molecule has 1 aliphatic rings. The highest BCUT2D eigenvalue weighted by molar-refractivity contribution is 7.85. The summed E-state index contributed by atoms with van der Waals surface area (Å²) in [6.07, 6.45) is 1.01. The number of benzene rings is 1. The monoisotopic (exact) mass is 285 g/mol. The number of carbonyl (C=O) groups is 1. The molecule has 106 valence electrons. The van der Waals surface area contributed by atoms with Crippen molar-refractivity contribution >= 4 is 15.9 Å². The van der Waals surface area contributed by atoms with Crippen LogP contribution >= 0.6 is 0 Å². The van der Waals surface area contributed by atoms with Gasteiger partial charge >= 0.3 is 0 Å². The van der Waals surface area contributed by atoms with Gasteiger partial charge in [0.1, 0.15) is 5.78 Å². The van der Waals surface area contributed by atoms with E-state index in [-0.39, 0.29) is 4.90 Å². The van der Waals surface area contributed by atoms with Crippen LogP contribution in [0.1, 0.15) is 18.9 Å². The first-order valence-corrected chi connectivity index (χ1v) is 7.52. The van der Waals surface area contributed by atoms with E-state index in [1.54, 1.807) is 12.1 Å². The van der Waals surface area contributed by atoms with Crippen molar-refractivity contribution in [1.82, 2.24) is 5.32 Å². The Labute approximate surface area is 113 Å². The van der Waals surface area contributed by atoms with Gasteiger partial charge in [-0.3, -0.25) is 9.35 Å². The number of carbonyl (C=O) groups excluding carboxylic acids is 1. The number of Topliss-reactive ketones (excluding diaryl/α,β-unsaturated/α-hetero) is 1. The van der Waals surface area contributed by atoms with E-state index in [1.165, 1.54) is 12.1 Å². The summed E-state index contributed by atoms with van der Waals surface area (Å²) in [5.41, 5.74) is 0.956. The third-order valence-corrected chi connectivity index (χ3v) is 3.79. The second kappa shape index (κ2) is 6.79. The lowest BCUT2D eigenvalue weighted by Crippen LogP contribution is -2.35. The fraction of sp³-hybridized carbons (Fsp3) is 0.462. The molecule has 0 radical (unpaired) electrons. The van der Waals surface area contributed by atoms with Gasteiger partial charge in [0, 0.05) is 5.92 Å². The molecule has 1 heterocycles. The number of hydrogen-bond donors (Lipinski definition) is 2. The fourth-order valence-electron chi connectivity index (χ4n) is 1.58. The van der Waals surface area contributed by atoms with E-state index in [0.29, 0.717) is 18.2 Å². The summed E-state index contributed by atoms with van der Waals surface area (Å²) >= 11 is 0. The Morgan fingerprint density at radius 1 is 1.26 bits per heavy atom. The summed E-state index contributed by atoms with van der Waals surface area (Å²) in [7, 11) is -4.02. The zero-order chi connectivity index (χ0) is 14.5. The first-order chi connectivity index (χ1) is 8.80. The molecule has 1 saturated heterocycles. The average molecular weight is 285 g/mol.